The number of nitrogens with one attached hydrogen (secondary N) is 1. The fraction of sp³-hybridized carbons (Fsp3) is 0.393. The summed E-state index contributed by atoms with van der Waals surface area (Å²) in [5.74, 6) is 0.852. The Morgan fingerprint density at radius 1 is 0.972 bits per heavy atom. The van der Waals surface area contributed by atoms with Crippen LogP contribution >= 0.6 is 0 Å². The Labute approximate surface area is 212 Å². The van der Waals surface area contributed by atoms with Crippen molar-refractivity contribution in [2.75, 3.05) is 49.1 Å². The molecular formula is C28H34N6O2. The van der Waals surface area contributed by atoms with E-state index in [0.29, 0.717) is 31.6 Å². The van der Waals surface area contributed by atoms with E-state index in [1.54, 1.807) is 11.1 Å². The average molecular weight is 487 g/mol. The Balaban J connectivity index is 1.08. The number of carbonyl (C=O) groups is 2. The van der Waals surface area contributed by atoms with E-state index in [9.17, 15) is 9.59 Å². The van der Waals surface area contributed by atoms with Gasteiger partial charge in [-0.1, -0.05) is 24.3 Å². The van der Waals surface area contributed by atoms with E-state index in [4.69, 9.17) is 0 Å². The number of benzene rings is 2. The zero-order valence-electron chi connectivity index (χ0n) is 21.1. The highest BCUT2D eigenvalue weighted by Crippen LogP contribution is 2.24. The molecule has 1 aromatic heterocycles. The number of aryl methyl sites for hydroxylation is 2. The van der Waals surface area contributed by atoms with Crippen LogP contribution in [0.2, 0.25) is 0 Å². The van der Waals surface area contributed by atoms with Crippen molar-refractivity contribution in [3.8, 4) is 0 Å². The number of rotatable bonds is 7. The number of nitrogens with zero attached hydrogens (tertiary/aromatic N) is 5. The number of hydrogen-bond donors (Lipinski definition) is 1. The van der Waals surface area contributed by atoms with Gasteiger partial charge < -0.3 is 10.2 Å². The van der Waals surface area contributed by atoms with Crippen molar-refractivity contribution in [1.29, 1.82) is 0 Å². The SMILES string of the molecule is Cc1cccc(N2CCN(CCNC(=O)c3ccc(CN4C(=O)CCn5nccc54)cc3)CC2)c1C. The van der Waals surface area contributed by atoms with Gasteiger partial charge in [-0.15, -0.1) is 0 Å². The third-order valence-corrected chi connectivity index (χ3v) is 7.37. The highest BCUT2D eigenvalue weighted by Gasteiger charge is 2.24. The second-order valence-corrected chi connectivity index (χ2v) is 9.64. The summed E-state index contributed by atoms with van der Waals surface area (Å²) in [7, 11) is 0. The number of amides is 2. The van der Waals surface area contributed by atoms with E-state index < -0.39 is 0 Å². The molecule has 2 aliphatic rings. The lowest BCUT2D eigenvalue weighted by atomic mass is 10.1. The summed E-state index contributed by atoms with van der Waals surface area (Å²) >= 11 is 0. The maximum absolute atomic E-state index is 12.7. The molecule has 0 radical (unpaired) electrons. The van der Waals surface area contributed by atoms with Crippen LogP contribution in [-0.4, -0.2) is 65.8 Å². The first-order chi connectivity index (χ1) is 17.5. The molecule has 3 aromatic rings. The van der Waals surface area contributed by atoms with Crippen molar-refractivity contribution < 1.29 is 9.59 Å². The van der Waals surface area contributed by atoms with Gasteiger partial charge in [0.25, 0.3) is 5.91 Å². The van der Waals surface area contributed by atoms with Gasteiger partial charge in [0.1, 0.15) is 5.82 Å². The van der Waals surface area contributed by atoms with Crippen molar-refractivity contribution in [3.05, 3.63) is 77.0 Å². The van der Waals surface area contributed by atoms with Crippen LogP contribution in [0.5, 0.6) is 0 Å². The molecular weight excluding hydrogens is 452 g/mol. The summed E-state index contributed by atoms with van der Waals surface area (Å²) in [6.07, 6.45) is 2.18. The Kier molecular flexibility index (Phi) is 7.04. The minimum Gasteiger partial charge on any atom is -0.369 e. The van der Waals surface area contributed by atoms with Crippen molar-refractivity contribution >= 4 is 23.3 Å². The number of piperazine rings is 1. The third-order valence-electron chi connectivity index (χ3n) is 7.37. The largest absolute Gasteiger partial charge is 0.369 e. The fourth-order valence-corrected chi connectivity index (χ4v) is 5.02. The van der Waals surface area contributed by atoms with Crippen molar-refractivity contribution in [2.45, 2.75) is 33.4 Å². The second-order valence-electron chi connectivity index (χ2n) is 9.64. The lowest BCUT2D eigenvalue weighted by Gasteiger charge is -2.37. The smallest absolute Gasteiger partial charge is 0.251 e. The maximum atomic E-state index is 12.7. The summed E-state index contributed by atoms with van der Waals surface area (Å²) in [6.45, 7) is 10.9. The molecule has 0 bridgehead atoms. The summed E-state index contributed by atoms with van der Waals surface area (Å²) in [4.78, 5) is 31.7. The average Bonchev–Trinajstić information content (AvgIpc) is 3.37. The molecule has 0 atom stereocenters. The maximum Gasteiger partial charge on any atom is 0.251 e. The predicted molar refractivity (Wildman–Crippen MR) is 141 cm³/mol. The van der Waals surface area contributed by atoms with Gasteiger partial charge in [0.15, 0.2) is 0 Å². The minimum absolute atomic E-state index is 0.0669. The summed E-state index contributed by atoms with van der Waals surface area (Å²) in [6, 6.07) is 15.9. The standard InChI is InChI=1S/C28H34N6O2/c1-21-4-3-5-25(22(21)2)32-18-16-31(17-19-32)15-13-29-28(36)24-8-6-23(7-9-24)20-33-26-10-12-30-34(26)14-11-27(33)35/h3-10,12H,11,13-20H2,1-2H3,(H,29,36). The second kappa shape index (κ2) is 10.5. The summed E-state index contributed by atoms with van der Waals surface area (Å²) in [5.41, 5.74) is 5.64. The monoisotopic (exact) mass is 486 g/mol. The van der Waals surface area contributed by atoms with Crippen LogP contribution in [0, 0.1) is 13.8 Å². The molecule has 5 rings (SSSR count). The van der Waals surface area contributed by atoms with Gasteiger partial charge >= 0.3 is 0 Å². The van der Waals surface area contributed by atoms with E-state index in [1.807, 2.05) is 35.0 Å². The Bertz CT molecular complexity index is 1230. The fourth-order valence-electron chi connectivity index (χ4n) is 5.02. The molecule has 36 heavy (non-hydrogen) atoms. The van der Waals surface area contributed by atoms with E-state index in [-0.39, 0.29) is 11.8 Å². The van der Waals surface area contributed by atoms with E-state index in [1.165, 1.54) is 16.8 Å². The van der Waals surface area contributed by atoms with E-state index >= 15 is 0 Å². The number of carbonyl (C=O) groups excluding carboxylic acids is 2. The predicted octanol–water partition coefficient (Wildman–Crippen LogP) is 2.99. The van der Waals surface area contributed by atoms with Gasteiger partial charge in [0, 0.05) is 63.0 Å². The van der Waals surface area contributed by atoms with Gasteiger partial charge in [0.05, 0.1) is 19.3 Å². The molecule has 0 unspecified atom stereocenters. The van der Waals surface area contributed by atoms with Crippen LogP contribution in [0.25, 0.3) is 0 Å². The molecule has 2 amide bonds. The molecule has 0 aliphatic carbocycles. The van der Waals surface area contributed by atoms with Crippen LogP contribution in [0.3, 0.4) is 0 Å². The van der Waals surface area contributed by atoms with Crippen molar-refractivity contribution in [1.82, 2.24) is 20.0 Å². The summed E-state index contributed by atoms with van der Waals surface area (Å²) in [5, 5.41) is 7.32. The van der Waals surface area contributed by atoms with Gasteiger partial charge in [-0.2, -0.15) is 5.10 Å². The van der Waals surface area contributed by atoms with Crippen LogP contribution in [0.1, 0.15) is 33.5 Å². The highest BCUT2D eigenvalue weighted by atomic mass is 16.2. The van der Waals surface area contributed by atoms with Gasteiger partial charge in [-0.3, -0.25) is 19.4 Å². The normalized spacial score (nSPS) is 16.2. The van der Waals surface area contributed by atoms with Gasteiger partial charge in [-0.05, 0) is 48.7 Å². The molecule has 188 valence electrons. The first-order valence-electron chi connectivity index (χ1n) is 12.7. The first-order valence-corrected chi connectivity index (χ1v) is 12.7. The lowest BCUT2D eigenvalue weighted by Crippen LogP contribution is -2.48. The molecule has 3 heterocycles. The van der Waals surface area contributed by atoms with Crippen molar-refractivity contribution in [2.24, 2.45) is 0 Å². The van der Waals surface area contributed by atoms with Gasteiger partial charge in [-0.25, -0.2) is 4.68 Å². The third kappa shape index (κ3) is 5.14. The van der Waals surface area contributed by atoms with Crippen LogP contribution in [-0.2, 0) is 17.9 Å². The molecule has 1 fully saturated rings. The number of aromatic nitrogens is 2. The van der Waals surface area contributed by atoms with E-state index in [2.05, 4.69) is 52.3 Å². The number of fused-ring (bicyclic) bond motifs is 1. The molecule has 0 spiro atoms. The number of hydrogen-bond acceptors (Lipinski definition) is 5. The Morgan fingerprint density at radius 3 is 2.53 bits per heavy atom. The van der Waals surface area contributed by atoms with Crippen LogP contribution < -0.4 is 15.1 Å². The zero-order chi connectivity index (χ0) is 25.1. The van der Waals surface area contributed by atoms with Crippen molar-refractivity contribution in [3.63, 3.8) is 0 Å². The molecule has 8 heteroatoms. The molecule has 8 nitrogen and oxygen atoms in total. The Hall–Kier alpha value is -3.65. The summed E-state index contributed by atoms with van der Waals surface area (Å²) < 4.78 is 1.85. The van der Waals surface area contributed by atoms with Crippen LogP contribution in [0.15, 0.2) is 54.7 Å². The molecule has 2 aromatic carbocycles. The molecule has 1 N–H and O–H groups in total. The molecule has 0 saturated carbocycles. The first kappa shape index (κ1) is 24.1. The van der Waals surface area contributed by atoms with Gasteiger partial charge in [0.2, 0.25) is 5.91 Å². The Morgan fingerprint density at radius 2 is 1.75 bits per heavy atom. The van der Waals surface area contributed by atoms with Crippen LogP contribution in [0.4, 0.5) is 11.5 Å². The topological polar surface area (TPSA) is 73.7 Å². The number of anilines is 2. The quantitative estimate of drug-likeness (QED) is 0.556. The highest BCUT2D eigenvalue weighted by molar-refractivity contribution is 5.95. The zero-order valence-corrected chi connectivity index (χ0v) is 21.1. The molecule has 2 aliphatic heterocycles. The van der Waals surface area contributed by atoms with E-state index in [0.717, 1.165) is 44.1 Å². The lowest BCUT2D eigenvalue weighted by molar-refractivity contribution is -0.119. The minimum atomic E-state index is -0.0669. The molecule has 1 saturated heterocycles.